The van der Waals surface area contributed by atoms with Crippen LogP contribution >= 0.6 is 35.4 Å². The number of phenols is 1. The molecule has 88 valence electrons. The number of halogens is 2. The van der Waals surface area contributed by atoms with E-state index in [4.69, 9.17) is 35.4 Å². The first-order chi connectivity index (χ1) is 7.97. The molecule has 1 aliphatic heterocycles. The number of aromatic hydroxyl groups is 1. The van der Waals surface area contributed by atoms with Crippen molar-refractivity contribution in [3.05, 3.63) is 33.4 Å². The fourth-order valence-corrected chi connectivity index (χ4v) is 2.05. The Morgan fingerprint density at radius 2 is 2.00 bits per heavy atom. The maximum absolute atomic E-state index is 11.4. The minimum absolute atomic E-state index is 0.116. The third kappa shape index (κ3) is 2.52. The van der Waals surface area contributed by atoms with Crippen molar-refractivity contribution in [1.82, 2.24) is 10.6 Å². The van der Waals surface area contributed by atoms with Crippen LogP contribution in [0.3, 0.4) is 0 Å². The SMILES string of the molecule is O=C1NC(=S)NC1=Cc1cc(Cl)cc(Cl)c1O. The molecule has 0 saturated carbocycles. The van der Waals surface area contributed by atoms with E-state index in [0.717, 1.165) is 0 Å². The highest BCUT2D eigenvalue weighted by Crippen LogP contribution is 2.32. The van der Waals surface area contributed by atoms with Gasteiger partial charge in [-0.05, 0) is 30.4 Å². The van der Waals surface area contributed by atoms with Crippen molar-refractivity contribution >= 4 is 52.5 Å². The van der Waals surface area contributed by atoms with Gasteiger partial charge in [-0.1, -0.05) is 23.2 Å². The standard InChI is InChI=1S/C10H6Cl2N2O2S/c11-5-1-4(8(15)6(12)3-5)2-7-9(16)14-10(17)13-7/h1-3,15H,(H2,13,14,16,17). The summed E-state index contributed by atoms with van der Waals surface area (Å²) in [7, 11) is 0. The van der Waals surface area contributed by atoms with E-state index >= 15 is 0 Å². The fourth-order valence-electron chi connectivity index (χ4n) is 1.33. The third-order valence-electron chi connectivity index (χ3n) is 2.08. The number of rotatable bonds is 1. The molecule has 1 heterocycles. The number of benzene rings is 1. The van der Waals surface area contributed by atoms with E-state index in [1.54, 1.807) is 0 Å². The first kappa shape index (κ1) is 12.2. The van der Waals surface area contributed by atoms with Gasteiger partial charge in [0.15, 0.2) is 5.11 Å². The van der Waals surface area contributed by atoms with E-state index in [1.807, 2.05) is 0 Å². The first-order valence-corrected chi connectivity index (χ1v) is 5.66. The lowest BCUT2D eigenvalue weighted by Gasteiger charge is -2.03. The van der Waals surface area contributed by atoms with E-state index in [0.29, 0.717) is 10.6 Å². The van der Waals surface area contributed by atoms with Crippen LogP contribution in [0, 0.1) is 0 Å². The van der Waals surface area contributed by atoms with Crippen LogP contribution in [0.25, 0.3) is 6.08 Å². The summed E-state index contributed by atoms with van der Waals surface area (Å²) in [5.74, 6) is -0.513. The van der Waals surface area contributed by atoms with Crippen molar-refractivity contribution in [3.63, 3.8) is 0 Å². The van der Waals surface area contributed by atoms with E-state index in [-0.39, 0.29) is 27.5 Å². The van der Waals surface area contributed by atoms with Crippen molar-refractivity contribution in [3.8, 4) is 5.75 Å². The topological polar surface area (TPSA) is 61.4 Å². The lowest BCUT2D eigenvalue weighted by Crippen LogP contribution is -2.21. The molecule has 1 aromatic carbocycles. The largest absolute Gasteiger partial charge is 0.506 e. The molecule has 2 rings (SSSR count). The molecule has 1 aliphatic rings. The van der Waals surface area contributed by atoms with Crippen LogP contribution < -0.4 is 10.6 Å². The highest BCUT2D eigenvalue weighted by Gasteiger charge is 2.20. The van der Waals surface area contributed by atoms with Crippen molar-refractivity contribution in [1.29, 1.82) is 0 Å². The minimum Gasteiger partial charge on any atom is -0.506 e. The normalized spacial score (nSPS) is 17.2. The quantitative estimate of drug-likeness (QED) is 0.547. The Bertz CT molecular complexity index is 557. The lowest BCUT2D eigenvalue weighted by atomic mass is 10.1. The molecule has 0 radical (unpaired) electrons. The Balaban J connectivity index is 2.46. The van der Waals surface area contributed by atoms with Crippen LogP contribution in [0.1, 0.15) is 5.56 Å². The molecule has 1 aromatic rings. The molecule has 0 spiro atoms. The summed E-state index contributed by atoms with van der Waals surface area (Å²) in [6.45, 7) is 0. The smallest absolute Gasteiger partial charge is 0.273 e. The zero-order chi connectivity index (χ0) is 12.6. The summed E-state index contributed by atoms with van der Waals surface area (Å²) >= 11 is 16.3. The van der Waals surface area contributed by atoms with Gasteiger partial charge in [0.2, 0.25) is 0 Å². The van der Waals surface area contributed by atoms with Crippen LogP contribution in [-0.4, -0.2) is 16.1 Å². The van der Waals surface area contributed by atoms with Gasteiger partial charge in [-0.3, -0.25) is 10.1 Å². The number of carbonyl (C=O) groups excluding carboxylic acids is 1. The molecule has 4 nitrogen and oxygen atoms in total. The van der Waals surface area contributed by atoms with Gasteiger partial charge in [0.25, 0.3) is 5.91 Å². The number of phenolic OH excluding ortho intramolecular Hbond substituents is 1. The number of hydrogen-bond donors (Lipinski definition) is 3. The third-order valence-corrected chi connectivity index (χ3v) is 2.79. The summed E-state index contributed by atoms with van der Waals surface area (Å²) in [6.07, 6.45) is 1.42. The van der Waals surface area contributed by atoms with Gasteiger partial charge in [0, 0.05) is 10.6 Å². The van der Waals surface area contributed by atoms with Crippen LogP contribution in [0.5, 0.6) is 5.75 Å². The zero-order valence-corrected chi connectivity index (χ0v) is 10.6. The van der Waals surface area contributed by atoms with Crippen LogP contribution in [0.4, 0.5) is 0 Å². The van der Waals surface area contributed by atoms with Gasteiger partial charge >= 0.3 is 0 Å². The highest BCUT2D eigenvalue weighted by atomic mass is 35.5. The predicted molar refractivity (Wildman–Crippen MR) is 70.0 cm³/mol. The lowest BCUT2D eigenvalue weighted by molar-refractivity contribution is -0.115. The summed E-state index contributed by atoms with van der Waals surface area (Å²) in [5, 5.41) is 15.5. The number of hydrogen-bond acceptors (Lipinski definition) is 3. The maximum atomic E-state index is 11.4. The Morgan fingerprint density at radius 3 is 2.59 bits per heavy atom. The first-order valence-electron chi connectivity index (χ1n) is 4.49. The van der Waals surface area contributed by atoms with Crippen LogP contribution in [-0.2, 0) is 4.79 Å². The zero-order valence-electron chi connectivity index (χ0n) is 8.25. The average molecular weight is 289 g/mol. The molecule has 1 saturated heterocycles. The second-order valence-corrected chi connectivity index (χ2v) is 4.54. The van der Waals surface area contributed by atoms with Gasteiger partial charge < -0.3 is 10.4 Å². The minimum atomic E-state index is -0.370. The van der Waals surface area contributed by atoms with Crippen LogP contribution in [0.15, 0.2) is 17.8 Å². The Labute approximate surface area is 112 Å². The van der Waals surface area contributed by atoms with E-state index in [9.17, 15) is 9.90 Å². The molecule has 7 heteroatoms. The summed E-state index contributed by atoms with van der Waals surface area (Å²) < 4.78 is 0. The molecule has 1 amide bonds. The molecule has 1 fully saturated rings. The molecular weight excluding hydrogens is 283 g/mol. The highest BCUT2D eigenvalue weighted by molar-refractivity contribution is 7.80. The monoisotopic (exact) mass is 288 g/mol. The number of thiocarbonyl (C=S) groups is 1. The molecule has 0 unspecified atom stereocenters. The van der Waals surface area contributed by atoms with Gasteiger partial charge in [0.05, 0.1) is 5.02 Å². The van der Waals surface area contributed by atoms with E-state index < -0.39 is 0 Å². The van der Waals surface area contributed by atoms with E-state index in [1.165, 1.54) is 18.2 Å². The maximum Gasteiger partial charge on any atom is 0.273 e. The molecule has 0 bridgehead atoms. The Hall–Kier alpha value is -1.30. The summed E-state index contributed by atoms with van der Waals surface area (Å²) in [4.78, 5) is 11.4. The molecule has 0 aliphatic carbocycles. The van der Waals surface area contributed by atoms with Crippen LogP contribution in [0.2, 0.25) is 10.0 Å². The van der Waals surface area contributed by atoms with Crippen molar-refractivity contribution in [2.24, 2.45) is 0 Å². The summed E-state index contributed by atoms with van der Waals surface area (Å²) in [5.41, 5.74) is 0.563. The Morgan fingerprint density at radius 1 is 1.29 bits per heavy atom. The second-order valence-electron chi connectivity index (χ2n) is 3.29. The number of carbonyl (C=O) groups is 1. The number of amides is 1. The number of nitrogens with one attached hydrogen (secondary N) is 2. The van der Waals surface area contributed by atoms with Gasteiger partial charge in [-0.2, -0.15) is 0 Å². The molecular formula is C10H6Cl2N2O2S. The molecule has 0 aromatic heterocycles. The Kier molecular flexibility index (Phi) is 3.24. The van der Waals surface area contributed by atoms with Gasteiger partial charge in [-0.15, -0.1) is 0 Å². The van der Waals surface area contributed by atoms with Crippen molar-refractivity contribution in [2.75, 3.05) is 0 Å². The molecule has 0 atom stereocenters. The van der Waals surface area contributed by atoms with E-state index in [2.05, 4.69) is 10.6 Å². The summed E-state index contributed by atoms with van der Waals surface area (Å²) in [6, 6.07) is 2.90. The molecule has 3 N–H and O–H groups in total. The average Bonchev–Trinajstić information content (AvgIpc) is 2.53. The molecule has 17 heavy (non-hydrogen) atoms. The van der Waals surface area contributed by atoms with Gasteiger partial charge in [-0.25, -0.2) is 0 Å². The second kappa shape index (κ2) is 4.52. The van der Waals surface area contributed by atoms with Gasteiger partial charge in [0.1, 0.15) is 11.4 Å². The fraction of sp³-hybridized carbons (Fsp3) is 0. The van der Waals surface area contributed by atoms with Crippen molar-refractivity contribution < 1.29 is 9.90 Å². The predicted octanol–water partition coefficient (Wildman–Crippen LogP) is 2.04. The van der Waals surface area contributed by atoms with Crippen molar-refractivity contribution in [2.45, 2.75) is 0 Å².